The smallest absolute Gasteiger partial charge is 0.315 e. The van der Waals surface area contributed by atoms with Gasteiger partial charge < -0.3 is 15.1 Å². The number of amides is 2. The van der Waals surface area contributed by atoms with E-state index in [9.17, 15) is 9.59 Å². The molecule has 2 aromatic rings. The highest BCUT2D eigenvalue weighted by atomic mass is 16.2. The van der Waals surface area contributed by atoms with Crippen molar-refractivity contribution in [1.82, 2.24) is 9.88 Å². The van der Waals surface area contributed by atoms with Gasteiger partial charge in [-0.15, -0.1) is 0 Å². The van der Waals surface area contributed by atoms with Crippen molar-refractivity contribution in [2.45, 2.75) is 20.8 Å². The fourth-order valence-electron chi connectivity index (χ4n) is 3.15. The van der Waals surface area contributed by atoms with Crippen LogP contribution in [0.4, 0.5) is 11.5 Å². The topological polar surface area (TPSA) is 65.5 Å². The van der Waals surface area contributed by atoms with Gasteiger partial charge in [-0.2, -0.15) is 0 Å². The molecule has 26 heavy (non-hydrogen) atoms. The summed E-state index contributed by atoms with van der Waals surface area (Å²) < 4.78 is 0. The Morgan fingerprint density at radius 1 is 1.04 bits per heavy atom. The van der Waals surface area contributed by atoms with Gasteiger partial charge >= 0.3 is 11.8 Å². The molecular weight excluding hydrogens is 328 g/mol. The average molecular weight is 352 g/mol. The minimum Gasteiger partial charge on any atom is -0.368 e. The van der Waals surface area contributed by atoms with Gasteiger partial charge in [0, 0.05) is 38.1 Å². The van der Waals surface area contributed by atoms with E-state index in [0.717, 1.165) is 5.56 Å². The Hall–Kier alpha value is -2.89. The van der Waals surface area contributed by atoms with E-state index >= 15 is 0 Å². The zero-order valence-corrected chi connectivity index (χ0v) is 15.5. The lowest BCUT2D eigenvalue weighted by Gasteiger charge is -2.36. The van der Waals surface area contributed by atoms with Crippen LogP contribution in [0.25, 0.3) is 0 Å². The largest absolute Gasteiger partial charge is 0.368 e. The molecule has 6 heteroatoms. The van der Waals surface area contributed by atoms with Gasteiger partial charge in [-0.05, 0) is 55.7 Å². The van der Waals surface area contributed by atoms with Crippen LogP contribution in [0.15, 0.2) is 36.5 Å². The highest BCUT2D eigenvalue weighted by molar-refractivity contribution is 6.39. The molecule has 1 aliphatic rings. The number of carbonyl (C=O) groups excluding carboxylic acids is 2. The summed E-state index contributed by atoms with van der Waals surface area (Å²) in [4.78, 5) is 32.6. The SMILES string of the molecule is Cc1ccnc(NC(=O)C(=O)N2CCN(c3cccc(C)c3C)CC2)c1. The molecule has 1 aromatic heterocycles. The summed E-state index contributed by atoms with van der Waals surface area (Å²) >= 11 is 0. The van der Waals surface area contributed by atoms with Crippen LogP contribution in [0.1, 0.15) is 16.7 Å². The molecule has 0 unspecified atom stereocenters. The quantitative estimate of drug-likeness (QED) is 0.842. The Bertz CT molecular complexity index is 826. The first-order valence-corrected chi connectivity index (χ1v) is 8.80. The highest BCUT2D eigenvalue weighted by Gasteiger charge is 2.27. The van der Waals surface area contributed by atoms with Crippen molar-refractivity contribution in [3.05, 3.63) is 53.2 Å². The fraction of sp³-hybridized carbons (Fsp3) is 0.350. The average Bonchev–Trinajstić information content (AvgIpc) is 2.63. The third-order valence-corrected chi connectivity index (χ3v) is 4.83. The van der Waals surface area contributed by atoms with E-state index in [1.807, 2.05) is 13.0 Å². The van der Waals surface area contributed by atoms with Crippen molar-refractivity contribution in [3.8, 4) is 0 Å². The normalized spacial score (nSPS) is 14.3. The van der Waals surface area contributed by atoms with Crippen LogP contribution in [-0.2, 0) is 9.59 Å². The third-order valence-electron chi connectivity index (χ3n) is 4.83. The number of benzene rings is 1. The maximum atomic E-state index is 12.4. The number of aromatic nitrogens is 1. The van der Waals surface area contributed by atoms with E-state index in [4.69, 9.17) is 0 Å². The van der Waals surface area contributed by atoms with Crippen molar-refractivity contribution in [2.75, 3.05) is 36.4 Å². The summed E-state index contributed by atoms with van der Waals surface area (Å²) in [6.45, 7) is 8.61. The summed E-state index contributed by atoms with van der Waals surface area (Å²) in [5.74, 6) is -0.741. The molecule has 1 aliphatic heterocycles. The van der Waals surface area contributed by atoms with Crippen molar-refractivity contribution in [2.24, 2.45) is 0 Å². The van der Waals surface area contributed by atoms with Crippen LogP contribution in [-0.4, -0.2) is 47.9 Å². The van der Waals surface area contributed by atoms with E-state index in [-0.39, 0.29) is 0 Å². The summed E-state index contributed by atoms with van der Waals surface area (Å²) in [6.07, 6.45) is 1.61. The fourth-order valence-corrected chi connectivity index (χ4v) is 3.15. The van der Waals surface area contributed by atoms with Crippen LogP contribution in [0, 0.1) is 20.8 Å². The highest BCUT2D eigenvalue weighted by Crippen LogP contribution is 2.23. The van der Waals surface area contributed by atoms with E-state index in [1.54, 1.807) is 17.2 Å². The second kappa shape index (κ2) is 7.56. The second-order valence-corrected chi connectivity index (χ2v) is 6.67. The molecule has 0 atom stereocenters. The maximum Gasteiger partial charge on any atom is 0.315 e. The Kier molecular flexibility index (Phi) is 5.21. The molecule has 2 heterocycles. The van der Waals surface area contributed by atoms with Gasteiger partial charge in [0.25, 0.3) is 0 Å². The summed E-state index contributed by atoms with van der Waals surface area (Å²) in [7, 11) is 0. The van der Waals surface area contributed by atoms with Crippen molar-refractivity contribution >= 4 is 23.3 Å². The van der Waals surface area contributed by atoms with E-state index in [2.05, 4.69) is 47.2 Å². The Balaban J connectivity index is 1.59. The lowest BCUT2D eigenvalue weighted by Crippen LogP contribution is -2.51. The maximum absolute atomic E-state index is 12.4. The number of hydrogen-bond acceptors (Lipinski definition) is 4. The van der Waals surface area contributed by atoms with Gasteiger partial charge in [-0.25, -0.2) is 4.98 Å². The molecule has 0 saturated carbocycles. The molecule has 0 bridgehead atoms. The minimum atomic E-state index is -0.636. The predicted molar refractivity (Wildman–Crippen MR) is 102 cm³/mol. The summed E-state index contributed by atoms with van der Waals surface area (Å²) in [5.41, 5.74) is 4.69. The molecule has 2 amide bonds. The molecule has 136 valence electrons. The van der Waals surface area contributed by atoms with Gasteiger partial charge in [-0.1, -0.05) is 12.1 Å². The number of aryl methyl sites for hydroxylation is 2. The zero-order valence-electron chi connectivity index (χ0n) is 15.5. The third kappa shape index (κ3) is 3.85. The standard InChI is InChI=1S/C20H24N4O2/c1-14-7-8-21-18(13-14)22-19(25)20(26)24-11-9-23(10-12-24)17-6-4-5-15(2)16(17)3/h4-8,13H,9-12H2,1-3H3,(H,21,22,25). The van der Waals surface area contributed by atoms with Crippen molar-refractivity contribution in [3.63, 3.8) is 0 Å². The van der Waals surface area contributed by atoms with E-state index < -0.39 is 11.8 Å². The van der Waals surface area contributed by atoms with Gasteiger partial charge in [-0.3, -0.25) is 9.59 Å². The number of pyridine rings is 1. The number of nitrogens with zero attached hydrogens (tertiary/aromatic N) is 3. The van der Waals surface area contributed by atoms with Crippen LogP contribution in [0.5, 0.6) is 0 Å². The molecular formula is C20H24N4O2. The summed E-state index contributed by atoms with van der Waals surface area (Å²) in [5, 5.41) is 2.58. The van der Waals surface area contributed by atoms with Gasteiger partial charge in [0.05, 0.1) is 0 Å². The molecule has 0 radical (unpaired) electrons. The number of anilines is 2. The van der Waals surface area contributed by atoms with Crippen molar-refractivity contribution in [1.29, 1.82) is 0 Å². The van der Waals surface area contributed by atoms with Crippen LogP contribution >= 0.6 is 0 Å². The molecule has 0 spiro atoms. The number of rotatable bonds is 2. The van der Waals surface area contributed by atoms with Gasteiger partial charge in [0.15, 0.2) is 0 Å². The Morgan fingerprint density at radius 2 is 1.77 bits per heavy atom. The van der Waals surface area contributed by atoms with E-state index in [1.165, 1.54) is 16.8 Å². The molecule has 1 N–H and O–H groups in total. The number of hydrogen-bond donors (Lipinski definition) is 1. The first-order valence-electron chi connectivity index (χ1n) is 8.80. The minimum absolute atomic E-state index is 0.400. The Morgan fingerprint density at radius 3 is 2.46 bits per heavy atom. The Labute approximate surface area is 153 Å². The lowest BCUT2D eigenvalue weighted by atomic mass is 10.1. The summed E-state index contributed by atoms with van der Waals surface area (Å²) in [6, 6.07) is 9.84. The molecule has 1 saturated heterocycles. The molecule has 1 aromatic carbocycles. The predicted octanol–water partition coefficient (Wildman–Crippen LogP) is 2.29. The number of piperazine rings is 1. The lowest BCUT2D eigenvalue weighted by molar-refractivity contribution is -0.143. The van der Waals surface area contributed by atoms with Crippen LogP contribution in [0.2, 0.25) is 0 Å². The van der Waals surface area contributed by atoms with Crippen LogP contribution < -0.4 is 10.2 Å². The van der Waals surface area contributed by atoms with Gasteiger partial charge in [0.2, 0.25) is 0 Å². The first-order chi connectivity index (χ1) is 12.5. The zero-order chi connectivity index (χ0) is 18.7. The first kappa shape index (κ1) is 17.9. The van der Waals surface area contributed by atoms with Gasteiger partial charge in [0.1, 0.15) is 5.82 Å². The van der Waals surface area contributed by atoms with E-state index in [0.29, 0.717) is 32.0 Å². The second-order valence-electron chi connectivity index (χ2n) is 6.67. The number of nitrogens with one attached hydrogen (secondary N) is 1. The molecule has 3 rings (SSSR count). The monoisotopic (exact) mass is 352 g/mol. The van der Waals surface area contributed by atoms with Crippen LogP contribution in [0.3, 0.4) is 0 Å². The molecule has 1 fully saturated rings. The molecule has 0 aliphatic carbocycles. The number of carbonyl (C=O) groups is 2. The molecule has 6 nitrogen and oxygen atoms in total. The van der Waals surface area contributed by atoms with Crippen molar-refractivity contribution < 1.29 is 9.59 Å².